The molecule has 0 spiro atoms. The van der Waals surface area contributed by atoms with Crippen LogP contribution in [-0.4, -0.2) is 63.0 Å². The quantitative estimate of drug-likeness (QED) is 0.760. The van der Waals surface area contributed by atoms with Crippen LogP contribution in [0, 0.1) is 19.8 Å². The van der Waals surface area contributed by atoms with Crippen molar-refractivity contribution in [2.75, 3.05) is 26.2 Å². The minimum atomic E-state index is -0.230. The van der Waals surface area contributed by atoms with Gasteiger partial charge in [0.05, 0.1) is 16.4 Å². The zero-order valence-corrected chi connectivity index (χ0v) is 19.3. The molecule has 2 aromatic rings. The second kappa shape index (κ2) is 8.70. The van der Waals surface area contributed by atoms with E-state index in [0.29, 0.717) is 43.1 Å². The zero-order chi connectivity index (χ0) is 21.4. The van der Waals surface area contributed by atoms with E-state index in [0.717, 1.165) is 34.5 Å². The standard InChI is InChI=1S/C21H28N4O3S2/c1-12-13(2)30-19-17(12)18(26)22-16(23-19)11-29-14(3)20(27)24-7-9-25(10-8-24)21(28)15-5-4-6-15/h14-15H,4-11H2,1-3H3,(H,22,23,26). The number of aromatic nitrogens is 2. The van der Waals surface area contributed by atoms with Gasteiger partial charge in [0, 0.05) is 37.0 Å². The smallest absolute Gasteiger partial charge is 0.259 e. The minimum Gasteiger partial charge on any atom is -0.339 e. The highest BCUT2D eigenvalue weighted by Gasteiger charge is 2.32. The normalized spacial score (nSPS) is 18.5. The molecule has 2 aromatic heterocycles. The maximum absolute atomic E-state index is 12.8. The number of carbonyl (C=O) groups is 2. The zero-order valence-electron chi connectivity index (χ0n) is 17.7. The maximum atomic E-state index is 12.8. The van der Waals surface area contributed by atoms with Gasteiger partial charge in [0.1, 0.15) is 10.7 Å². The molecule has 4 rings (SSSR count). The number of amides is 2. The summed E-state index contributed by atoms with van der Waals surface area (Å²) in [4.78, 5) is 50.7. The van der Waals surface area contributed by atoms with E-state index < -0.39 is 0 Å². The Labute approximate surface area is 184 Å². The molecule has 2 aliphatic rings. The Hall–Kier alpha value is -1.87. The van der Waals surface area contributed by atoms with E-state index in [9.17, 15) is 14.4 Å². The molecule has 0 bridgehead atoms. The minimum absolute atomic E-state index is 0.0852. The van der Waals surface area contributed by atoms with Gasteiger partial charge in [0.25, 0.3) is 5.56 Å². The lowest BCUT2D eigenvalue weighted by Gasteiger charge is -2.38. The van der Waals surface area contributed by atoms with Gasteiger partial charge < -0.3 is 14.8 Å². The Morgan fingerprint density at radius 1 is 1.20 bits per heavy atom. The van der Waals surface area contributed by atoms with E-state index in [1.165, 1.54) is 23.1 Å². The van der Waals surface area contributed by atoms with Crippen molar-refractivity contribution in [3.8, 4) is 0 Å². The number of thioether (sulfide) groups is 1. The van der Waals surface area contributed by atoms with E-state index in [1.54, 1.807) is 0 Å². The Balaban J connectivity index is 1.31. The van der Waals surface area contributed by atoms with Gasteiger partial charge in [-0.2, -0.15) is 0 Å². The van der Waals surface area contributed by atoms with Gasteiger partial charge in [0.15, 0.2) is 0 Å². The summed E-state index contributed by atoms with van der Waals surface area (Å²) < 4.78 is 0. The van der Waals surface area contributed by atoms with Crippen LogP contribution in [0.1, 0.15) is 42.5 Å². The summed E-state index contributed by atoms with van der Waals surface area (Å²) in [6, 6.07) is 0. The first-order valence-corrected chi connectivity index (χ1v) is 12.4. The van der Waals surface area contributed by atoms with Gasteiger partial charge in [-0.1, -0.05) is 6.42 Å². The third kappa shape index (κ3) is 4.14. The molecule has 1 saturated carbocycles. The molecule has 30 heavy (non-hydrogen) atoms. The van der Waals surface area contributed by atoms with Gasteiger partial charge in [-0.15, -0.1) is 23.1 Å². The van der Waals surface area contributed by atoms with Crippen LogP contribution in [0.2, 0.25) is 0 Å². The van der Waals surface area contributed by atoms with Gasteiger partial charge in [-0.05, 0) is 39.2 Å². The molecule has 2 amide bonds. The van der Waals surface area contributed by atoms with Crippen molar-refractivity contribution in [1.29, 1.82) is 0 Å². The summed E-state index contributed by atoms with van der Waals surface area (Å²) in [5, 5.41) is 0.441. The number of nitrogens with one attached hydrogen (secondary N) is 1. The van der Waals surface area contributed by atoms with Crippen LogP contribution < -0.4 is 5.56 Å². The number of hydrogen-bond donors (Lipinski definition) is 1. The molecule has 9 heteroatoms. The molecule has 1 saturated heterocycles. The van der Waals surface area contributed by atoms with Crippen molar-refractivity contribution in [1.82, 2.24) is 19.8 Å². The molecule has 1 N–H and O–H groups in total. The summed E-state index contributed by atoms with van der Waals surface area (Å²) in [6.45, 7) is 8.28. The van der Waals surface area contributed by atoms with Crippen molar-refractivity contribution in [3.63, 3.8) is 0 Å². The van der Waals surface area contributed by atoms with Gasteiger partial charge in [-0.25, -0.2) is 4.98 Å². The number of aryl methyl sites for hydroxylation is 2. The third-order valence-corrected chi connectivity index (χ3v) is 8.51. The van der Waals surface area contributed by atoms with Crippen LogP contribution in [0.5, 0.6) is 0 Å². The number of fused-ring (bicyclic) bond motifs is 1. The van der Waals surface area contributed by atoms with Crippen LogP contribution in [-0.2, 0) is 15.3 Å². The van der Waals surface area contributed by atoms with Crippen molar-refractivity contribution < 1.29 is 9.59 Å². The van der Waals surface area contributed by atoms with E-state index in [2.05, 4.69) is 9.97 Å². The van der Waals surface area contributed by atoms with Crippen molar-refractivity contribution in [3.05, 3.63) is 26.6 Å². The molecule has 1 unspecified atom stereocenters. The number of rotatable bonds is 5. The third-order valence-electron chi connectivity index (χ3n) is 6.26. The van der Waals surface area contributed by atoms with Crippen LogP contribution >= 0.6 is 23.1 Å². The second-order valence-electron chi connectivity index (χ2n) is 8.21. The largest absolute Gasteiger partial charge is 0.339 e. The lowest BCUT2D eigenvalue weighted by molar-refractivity contribution is -0.143. The molecule has 3 heterocycles. The Bertz CT molecular complexity index is 1020. The molecule has 1 aliphatic heterocycles. The van der Waals surface area contributed by atoms with Crippen LogP contribution in [0.3, 0.4) is 0 Å². The lowest BCUT2D eigenvalue weighted by Crippen LogP contribution is -2.53. The summed E-state index contributed by atoms with van der Waals surface area (Å²) in [7, 11) is 0. The number of nitrogens with zero attached hydrogens (tertiary/aromatic N) is 3. The predicted octanol–water partition coefficient (Wildman–Crippen LogP) is 2.69. The highest BCUT2D eigenvalue weighted by Crippen LogP contribution is 2.29. The van der Waals surface area contributed by atoms with E-state index >= 15 is 0 Å². The van der Waals surface area contributed by atoms with Crippen LogP contribution in [0.25, 0.3) is 10.2 Å². The first-order valence-electron chi connectivity index (χ1n) is 10.5. The fraction of sp³-hybridized carbons (Fsp3) is 0.619. The topological polar surface area (TPSA) is 86.4 Å². The molecule has 2 fully saturated rings. The number of H-pyrrole nitrogens is 1. The highest BCUT2D eigenvalue weighted by atomic mass is 32.2. The van der Waals surface area contributed by atoms with Gasteiger partial charge in [0.2, 0.25) is 11.8 Å². The number of aromatic amines is 1. The SMILES string of the molecule is Cc1sc2nc(CSC(C)C(=O)N3CCN(C(=O)C4CCC4)CC3)[nH]c(=O)c2c1C. The Morgan fingerprint density at radius 3 is 2.50 bits per heavy atom. The fourth-order valence-electron chi connectivity index (χ4n) is 3.96. The summed E-state index contributed by atoms with van der Waals surface area (Å²) >= 11 is 3.02. The van der Waals surface area contributed by atoms with E-state index in [4.69, 9.17) is 0 Å². The highest BCUT2D eigenvalue weighted by molar-refractivity contribution is 7.99. The molecule has 1 aliphatic carbocycles. The first-order chi connectivity index (χ1) is 14.3. The molecular weight excluding hydrogens is 420 g/mol. The Kier molecular flexibility index (Phi) is 6.20. The van der Waals surface area contributed by atoms with Crippen molar-refractivity contribution >= 4 is 45.1 Å². The van der Waals surface area contributed by atoms with Crippen molar-refractivity contribution in [2.45, 2.75) is 51.0 Å². The maximum Gasteiger partial charge on any atom is 0.259 e. The molecule has 0 radical (unpaired) electrons. The van der Waals surface area contributed by atoms with Gasteiger partial charge in [-0.3, -0.25) is 14.4 Å². The lowest BCUT2D eigenvalue weighted by atomic mass is 9.84. The first kappa shape index (κ1) is 21.4. The van der Waals surface area contributed by atoms with Crippen molar-refractivity contribution in [2.24, 2.45) is 5.92 Å². The summed E-state index contributed by atoms with van der Waals surface area (Å²) in [6.07, 6.45) is 3.18. The molecule has 162 valence electrons. The Morgan fingerprint density at radius 2 is 1.87 bits per heavy atom. The van der Waals surface area contributed by atoms with Crippen LogP contribution in [0.15, 0.2) is 4.79 Å². The van der Waals surface area contributed by atoms with E-state index in [1.807, 2.05) is 30.6 Å². The van der Waals surface area contributed by atoms with E-state index in [-0.39, 0.29) is 28.5 Å². The molecule has 1 atom stereocenters. The average Bonchev–Trinajstić information content (AvgIpc) is 2.98. The molecule has 0 aromatic carbocycles. The number of thiophene rings is 1. The average molecular weight is 449 g/mol. The number of hydrogen-bond acceptors (Lipinski definition) is 6. The monoisotopic (exact) mass is 448 g/mol. The predicted molar refractivity (Wildman–Crippen MR) is 121 cm³/mol. The number of carbonyl (C=O) groups excluding carboxylic acids is 2. The fourth-order valence-corrected chi connectivity index (χ4v) is 5.85. The van der Waals surface area contributed by atoms with Gasteiger partial charge >= 0.3 is 0 Å². The molecular formula is C21H28N4O3S2. The molecule has 7 nitrogen and oxygen atoms in total. The summed E-state index contributed by atoms with van der Waals surface area (Å²) in [5.41, 5.74) is 0.880. The van der Waals surface area contributed by atoms with Crippen LogP contribution in [0.4, 0.5) is 0 Å². The summed E-state index contributed by atoms with van der Waals surface area (Å²) in [5.74, 6) is 1.65. The number of piperazine rings is 1. The second-order valence-corrected chi connectivity index (χ2v) is 10.7.